The molecule has 45 heavy (non-hydrogen) atoms. The molecule has 0 saturated carbocycles. The predicted octanol–water partition coefficient (Wildman–Crippen LogP) is 9.45. The van der Waals surface area contributed by atoms with Gasteiger partial charge in [-0.05, 0) is 57.8 Å². The van der Waals surface area contributed by atoms with E-state index < -0.39 is 0 Å². The quantitative estimate of drug-likeness (QED) is 0.226. The van der Waals surface area contributed by atoms with Crippen LogP contribution in [0.2, 0.25) is 0 Å². The van der Waals surface area contributed by atoms with Gasteiger partial charge in [0.25, 0.3) is 0 Å². The van der Waals surface area contributed by atoms with Crippen LogP contribution in [0.25, 0.3) is 54.7 Å². The molecule has 2 aromatic heterocycles. The molecule has 0 amide bonds. The highest BCUT2D eigenvalue weighted by molar-refractivity contribution is 6.23. The molecule has 1 unspecified atom stereocenters. The number of nitrogens with one attached hydrogen (secondary N) is 1. The van der Waals surface area contributed by atoms with E-state index in [1.807, 2.05) is 54.7 Å². The summed E-state index contributed by atoms with van der Waals surface area (Å²) in [5, 5.41) is 9.08. The van der Waals surface area contributed by atoms with Crippen molar-refractivity contribution in [3.8, 4) is 11.1 Å². The lowest BCUT2D eigenvalue weighted by Crippen LogP contribution is -2.33. The largest absolute Gasteiger partial charge is 0.456 e. The summed E-state index contributed by atoms with van der Waals surface area (Å²) in [4.78, 5) is 14.9. The highest BCUT2D eigenvalue weighted by Crippen LogP contribution is 2.35. The van der Waals surface area contributed by atoms with Crippen LogP contribution in [0.15, 0.2) is 160 Å². The third-order valence-electron chi connectivity index (χ3n) is 8.54. The maximum absolute atomic E-state index is 6.36. The minimum atomic E-state index is -0.307. The smallest absolute Gasteiger partial charge is 0.159 e. The van der Waals surface area contributed by atoms with Gasteiger partial charge in [-0.2, -0.15) is 0 Å². The van der Waals surface area contributed by atoms with E-state index in [4.69, 9.17) is 14.4 Å². The number of aromatic nitrogens is 1. The topological polar surface area (TPSA) is 62.8 Å². The Kier molecular flexibility index (Phi) is 5.81. The second-order valence-corrected chi connectivity index (χ2v) is 11.3. The molecule has 8 aromatic rings. The summed E-state index contributed by atoms with van der Waals surface area (Å²) in [5.41, 5.74) is 7.89. The van der Waals surface area contributed by atoms with Crippen molar-refractivity contribution in [2.75, 3.05) is 0 Å². The first kappa shape index (κ1) is 25.4. The number of rotatable bonds is 4. The molecule has 0 aliphatic carbocycles. The maximum Gasteiger partial charge on any atom is 0.159 e. The van der Waals surface area contributed by atoms with Crippen LogP contribution in [0.5, 0.6) is 0 Å². The van der Waals surface area contributed by atoms with Gasteiger partial charge in [0.1, 0.15) is 23.2 Å². The zero-order valence-corrected chi connectivity index (χ0v) is 24.2. The number of amidine groups is 2. The Hall–Kier alpha value is -6.07. The number of hydrogen-bond donors (Lipinski definition) is 1. The van der Waals surface area contributed by atoms with Crippen molar-refractivity contribution in [2.45, 2.75) is 6.17 Å². The standard InChI is InChI=1S/C40H26N4O/c1-3-9-25(10-4-1)28-18-16-26-17-19-30(22-31(26)21-28)39-42-38(27-11-5-2-6-12-27)43-40(44-39)32-14-7-15-35-37(32)33-23-29-13-8-20-41-34(29)24-36(33)45-35/h1-24,38H,(H,42,43,44). The molecule has 5 nitrogen and oxygen atoms in total. The highest BCUT2D eigenvalue weighted by atomic mass is 16.3. The number of benzene rings is 6. The maximum atomic E-state index is 6.36. The van der Waals surface area contributed by atoms with E-state index in [1.165, 1.54) is 16.5 Å². The first-order valence-corrected chi connectivity index (χ1v) is 15.0. The van der Waals surface area contributed by atoms with Crippen LogP contribution >= 0.6 is 0 Å². The monoisotopic (exact) mass is 578 g/mol. The molecule has 1 N–H and O–H groups in total. The molecule has 1 aliphatic heterocycles. The molecule has 3 heterocycles. The summed E-state index contributed by atoms with van der Waals surface area (Å²) < 4.78 is 6.36. The molecule has 1 aliphatic rings. The second-order valence-electron chi connectivity index (χ2n) is 11.3. The molecule has 212 valence electrons. The molecule has 6 aromatic carbocycles. The van der Waals surface area contributed by atoms with Crippen molar-refractivity contribution in [3.63, 3.8) is 0 Å². The lowest BCUT2D eigenvalue weighted by Gasteiger charge is -2.24. The van der Waals surface area contributed by atoms with Crippen LogP contribution < -0.4 is 5.32 Å². The van der Waals surface area contributed by atoms with Gasteiger partial charge in [0.2, 0.25) is 0 Å². The summed E-state index contributed by atoms with van der Waals surface area (Å²) in [6, 6.07) is 48.2. The van der Waals surface area contributed by atoms with Crippen LogP contribution in [-0.4, -0.2) is 16.7 Å². The number of nitrogens with zero attached hydrogens (tertiary/aromatic N) is 3. The first-order chi connectivity index (χ1) is 22.3. The number of fused-ring (bicyclic) bond motifs is 5. The number of pyridine rings is 1. The molecule has 9 rings (SSSR count). The van der Waals surface area contributed by atoms with E-state index >= 15 is 0 Å². The van der Waals surface area contributed by atoms with E-state index in [2.05, 4.69) is 101 Å². The third kappa shape index (κ3) is 4.45. The fourth-order valence-electron chi connectivity index (χ4n) is 6.31. The lowest BCUT2D eigenvalue weighted by molar-refractivity contribution is 0.668. The van der Waals surface area contributed by atoms with Crippen molar-refractivity contribution >= 4 is 55.3 Å². The lowest BCUT2D eigenvalue weighted by atomic mass is 9.99. The zero-order chi connectivity index (χ0) is 29.7. The Morgan fingerprint density at radius 2 is 1.38 bits per heavy atom. The summed E-state index contributed by atoms with van der Waals surface area (Å²) in [7, 11) is 0. The Morgan fingerprint density at radius 1 is 0.578 bits per heavy atom. The van der Waals surface area contributed by atoms with E-state index in [0.717, 1.165) is 60.8 Å². The highest BCUT2D eigenvalue weighted by Gasteiger charge is 2.24. The molecular weight excluding hydrogens is 552 g/mol. The van der Waals surface area contributed by atoms with Gasteiger partial charge in [0.15, 0.2) is 5.84 Å². The van der Waals surface area contributed by atoms with E-state index in [0.29, 0.717) is 5.84 Å². The number of aliphatic imine (C=N–C) groups is 2. The van der Waals surface area contributed by atoms with E-state index in [1.54, 1.807) is 0 Å². The van der Waals surface area contributed by atoms with Gasteiger partial charge < -0.3 is 9.73 Å². The second kappa shape index (κ2) is 10.3. The number of hydrogen-bond acceptors (Lipinski definition) is 5. The number of furan rings is 1. The Balaban J connectivity index is 1.22. The zero-order valence-electron chi connectivity index (χ0n) is 24.2. The summed E-state index contributed by atoms with van der Waals surface area (Å²) in [6.45, 7) is 0. The Labute approximate surface area is 259 Å². The summed E-state index contributed by atoms with van der Waals surface area (Å²) in [5.74, 6) is 1.44. The first-order valence-electron chi connectivity index (χ1n) is 15.0. The molecule has 1 atom stereocenters. The predicted molar refractivity (Wildman–Crippen MR) is 184 cm³/mol. The van der Waals surface area contributed by atoms with Crippen LogP contribution in [0, 0.1) is 0 Å². The van der Waals surface area contributed by atoms with E-state index in [-0.39, 0.29) is 6.17 Å². The van der Waals surface area contributed by atoms with Crippen molar-refractivity contribution in [2.24, 2.45) is 9.98 Å². The SMILES string of the molecule is c1ccc(-c2ccc3ccc(C4=NC(c5ccccc5)NC(c5cccc6oc7cc8ncccc8cc7c56)=N4)cc3c2)cc1. The Morgan fingerprint density at radius 3 is 2.24 bits per heavy atom. The molecule has 0 radical (unpaired) electrons. The molecule has 0 saturated heterocycles. The van der Waals surface area contributed by atoms with Crippen LogP contribution in [-0.2, 0) is 0 Å². The van der Waals surface area contributed by atoms with Gasteiger partial charge >= 0.3 is 0 Å². The van der Waals surface area contributed by atoms with Gasteiger partial charge in [0, 0.05) is 39.5 Å². The molecular formula is C40H26N4O. The average molecular weight is 579 g/mol. The van der Waals surface area contributed by atoms with Crippen LogP contribution in [0.4, 0.5) is 0 Å². The third-order valence-corrected chi connectivity index (χ3v) is 8.54. The summed E-state index contributed by atoms with van der Waals surface area (Å²) >= 11 is 0. The normalized spacial score (nSPS) is 14.9. The fraction of sp³-hybridized carbons (Fsp3) is 0.0250. The molecule has 5 heteroatoms. The van der Waals surface area contributed by atoms with Crippen molar-refractivity contribution in [1.29, 1.82) is 0 Å². The van der Waals surface area contributed by atoms with Crippen molar-refractivity contribution in [3.05, 3.63) is 162 Å². The van der Waals surface area contributed by atoms with Gasteiger partial charge in [0.05, 0.1) is 5.52 Å². The average Bonchev–Trinajstić information content (AvgIpc) is 3.48. The molecule has 0 spiro atoms. The fourth-order valence-corrected chi connectivity index (χ4v) is 6.31. The van der Waals surface area contributed by atoms with Gasteiger partial charge in [-0.25, -0.2) is 9.98 Å². The minimum Gasteiger partial charge on any atom is -0.456 e. The minimum absolute atomic E-state index is 0.307. The Bertz CT molecular complexity index is 2460. The van der Waals surface area contributed by atoms with Gasteiger partial charge in [-0.15, -0.1) is 0 Å². The van der Waals surface area contributed by atoms with Crippen LogP contribution in [0.3, 0.4) is 0 Å². The molecule has 0 bridgehead atoms. The van der Waals surface area contributed by atoms with E-state index in [9.17, 15) is 0 Å². The van der Waals surface area contributed by atoms with Gasteiger partial charge in [-0.1, -0.05) is 103 Å². The van der Waals surface area contributed by atoms with Crippen LogP contribution in [0.1, 0.15) is 22.9 Å². The molecule has 0 fully saturated rings. The van der Waals surface area contributed by atoms with Crippen molar-refractivity contribution in [1.82, 2.24) is 10.3 Å². The van der Waals surface area contributed by atoms with Gasteiger partial charge in [-0.3, -0.25) is 4.98 Å². The van der Waals surface area contributed by atoms with Crippen molar-refractivity contribution < 1.29 is 4.42 Å². The summed E-state index contributed by atoms with van der Waals surface area (Å²) in [6.07, 6.45) is 1.50.